The van der Waals surface area contributed by atoms with E-state index in [-0.39, 0.29) is 11.9 Å². The number of hydrogen-bond acceptors (Lipinski definition) is 4. The molecule has 2 aromatic carbocycles. The van der Waals surface area contributed by atoms with Gasteiger partial charge in [0.05, 0.1) is 29.1 Å². The number of aryl methyl sites for hydroxylation is 1. The van der Waals surface area contributed by atoms with E-state index in [4.69, 9.17) is 5.41 Å². The van der Waals surface area contributed by atoms with Gasteiger partial charge in [0.15, 0.2) is 5.96 Å². The van der Waals surface area contributed by atoms with Gasteiger partial charge >= 0.3 is 0 Å². The first-order valence-corrected chi connectivity index (χ1v) is 9.13. The van der Waals surface area contributed by atoms with E-state index in [1.54, 1.807) is 31.0 Å². The van der Waals surface area contributed by atoms with Gasteiger partial charge in [0.2, 0.25) is 0 Å². The molecule has 29 heavy (non-hydrogen) atoms. The zero-order valence-corrected chi connectivity index (χ0v) is 16.4. The van der Waals surface area contributed by atoms with E-state index in [1.807, 2.05) is 49.4 Å². The molecule has 0 fully saturated rings. The van der Waals surface area contributed by atoms with Crippen molar-refractivity contribution in [1.82, 2.24) is 20.0 Å². The Morgan fingerprint density at radius 1 is 1.14 bits per heavy atom. The minimum absolute atomic E-state index is 0.0191. The van der Waals surface area contributed by atoms with E-state index in [0.717, 1.165) is 16.7 Å². The molecule has 4 rings (SSSR count). The molecule has 1 amide bonds. The van der Waals surface area contributed by atoms with E-state index in [1.165, 1.54) is 4.90 Å². The first-order chi connectivity index (χ1) is 13.8. The second-order valence-electron chi connectivity index (χ2n) is 7.27. The molecule has 1 aromatic heterocycles. The molecule has 1 atom stereocenters. The molecule has 2 N–H and O–H groups in total. The van der Waals surface area contributed by atoms with Crippen LogP contribution < -0.4 is 5.32 Å². The van der Waals surface area contributed by atoms with Gasteiger partial charge < -0.3 is 5.32 Å². The molecule has 3 aromatic rings. The Morgan fingerprint density at radius 3 is 2.55 bits per heavy atom. The standard InChI is InChI=1S/C22H20N6O/c1-22(19-18(13-25-28(19)3)20(29)27(2)21(24)26-22)17-9-5-8-16(11-17)15-7-4-6-14(10-15)12-23/h4-11,13H,1-3H3,(H2,24,26). The molecule has 0 saturated carbocycles. The van der Waals surface area contributed by atoms with Crippen molar-refractivity contribution in [3.05, 3.63) is 77.1 Å². The maximum atomic E-state index is 12.8. The third-order valence-corrected chi connectivity index (χ3v) is 5.42. The molecule has 0 spiro atoms. The lowest BCUT2D eigenvalue weighted by molar-refractivity contribution is 0.0869. The van der Waals surface area contributed by atoms with Crippen LogP contribution in [0.1, 0.15) is 34.1 Å². The van der Waals surface area contributed by atoms with Crippen LogP contribution in [0, 0.1) is 16.7 Å². The summed E-state index contributed by atoms with van der Waals surface area (Å²) in [6, 6.07) is 17.5. The van der Waals surface area contributed by atoms with Gasteiger partial charge in [0.25, 0.3) is 5.91 Å². The van der Waals surface area contributed by atoms with Crippen molar-refractivity contribution in [2.75, 3.05) is 7.05 Å². The minimum Gasteiger partial charge on any atom is -0.341 e. The van der Waals surface area contributed by atoms with Crippen molar-refractivity contribution in [3.63, 3.8) is 0 Å². The monoisotopic (exact) mass is 384 g/mol. The van der Waals surface area contributed by atoms with Crippen molar-refractivity contribution in [1.29, 1.82) is 10.7 Å². The van der Waals surface area contributed by atoms with Gasteiger partial charge in [-0.25, -0.2) is 0 Å². The van der Waals surface area contributed by atoms with E-state index < -0.39 is 5.54 Å². The smallest absolute Gasteiger partial charge is 0.263 e. The maximum absolute atomic E-state index is 12.8. The first-order valence-electron chi connectivity index (χ1n) is 9.13. The molecule has 0 saturated heterocycles. The van der Waals surface area contributed by atoms with Crippen LogP contribution in [0.4, 0.5) is 0 Å². The highest BCUT2D eigenvalue weighted by molar-refractivity contribution is 6.07. The molecule has 1 unspecified atom stereocenters. The molecule has 2 heterocycles. The Kier molecular flexibility index (Phi) is 4.20. The van der Waals surface area contributed by atoms with E-state index in [9.17, 15) is 10.1 Å². The van der Waals surface area contributed by atoms with Gasteiger partial charge in [-0.05, 0) is 41.8 Å². The number of aromatic nitrogens is 2. The summed E-state index contributed by atoms with van der Waals surface area (Å²) in [6.45, 7) is 1.94. The molecule has 0 radical (unpaired) electrons. The first kappa shape index (κ1) is 18.4. The lowest BCUT2D eigenvalue weighted by Gasteiger charge is -2.32. The van der Waals surface area contributed by atoms with Crippen LogP contribution in [0.3, 0.4) is 0 Å². The number of rotatable bonds is 2. The highest BCUT2D eigenvalue weighted by Crippen LogP contribution is 2.35. The number of nitrogens with zero attached hydrogens (tertiary/aromatic N) is 4. The highest BCUT2D eigenvalue weighted by Gasteiger charge is 2.41. The van der Waals surface area contributed by atoms with E-state index >= 15 is 0 Å². The third kappa shape index (κ3) is 2.86. The number of nitrogens with one attached hydrogen (secondary N) is 2. The van der Waals surface area contributed by atoms with E-state index in [0.29, 0.717) is 16.8 Å². The number of guanidine groups is 1. The van der Waals surface area contributed by atoms with Crippen LogP contribution in [0.25, 0.3) is 11.1 Å². The normalized spacial score (nSPS) is 18.6. The Hall–Kier alpha value is -3.92. The molecule has 0 bridgehead atoms. The van der Waals surface area contributed by atoms with Gasteiger partial charge in [-0.1, -0.05) is 30.3 Å². The van der Waals surface area contributed by atoms with Crippen LogP contribution in [0.2, 0.25) is 0 Å². The second kappa shape index (κ2) is 6.60. The average molecular weight is 384 g/mol. The molecular weight excluding hydrogens is 364 g/mol. The van der Waals surface area contributed by atoms with Gasteiger partial charge in [-0.15, -0.1) is 0 Å². The number of fused-ring (bicyclic) bond motifs is 1. The fourth-order valence-corrected chi connectivity index (χ4v) is 3.84. The van der Waals surface area contributed by atoms with E-state index in [2.05, 4.69) is 16.5 Å². The predicted octanol–water partition coefficient (Wildman–Crippen LogP) is 2.83. The van der Waals surface area contributed by atoms with Crippen LogP contribution >= 0.6 is 0 Å². The number of amides is 1. The van der Waals surface area contributed by atoms with Gasteiger partial charge in [0.1, 0.15) is 5.54 Å². The molecule has 144 valence electrons. The summed E-state index contributed by atoms with van der Waals surface area (Å²) in [5, 5.41) is 25.1. The second-order valence-corrected chi connectivity index (χ2v) is 7.27. The number of hydrogen-bond donors (Lipinski definition) is 2. The molecule has 0 aliphatic carbocycles. The van der Waals surface area contributed by atoms with Crippen molar-refractivity contribution in [3.8, 4) is 17.2 Å². The Labute approximate surface area is 168 Å². The summed E-state index contributed by atoms with van der Waals surface area (Å²) in [4.78, 5) is 14.1. The molecule has 7 heteroatoms. The Morgan fingerprint density at radius 2 is 1.83 bits per heavy atom. The predicted molar refractivity (Wildman–Crippen MR) is 109 cm³/mol. The van der Waals surface area contributed by atoms with Gasteiger partial charge in [-0.3, -0.25) is 19.8 Å². The fraction of sp³-hybridized carbons (Fsp3) is 0.182. The number of carbonyl (C=O) groups excluding carboxylic acids is 1. The van der Waals surface area contributed by atoms with Gasteiger partial charge in [0, 0.05) is 14.1 Å². The van der Waals surface area contributed by atoms with Crippen LogP contribution in [-0.4, -0.2) is 33.6 Å². The summed E-state index contributed by atoms with van der Waals surface area (Å²) in [5.74, 6) is -0.252. The van der Waals surface area contributed by atoms with Crippen LogP contribution in [0.15, 0.2) is 54.7 Å². The Balaban J connectivity index is 1.90. The number of carbonyl (C=O) groups is 1. The largest absolute Gasteiger partial charge is 0.341 e. The molecule has 1 aliphatic rings. The SMILES string of the molecule is CN1C(=N)NC(C)(c2cccc(-c3cccc(C#N)c3)c2)c2c(cnn2C)C1=O. The summed E-state index contributed by atoms with van der Waals surface area (Å²) in [5.41, 5.74) is 3.66. The van der Waals surface area contributed by atoms with Crippen molar-refractivity contribution < 1.29 is 4.79 Å². The Bertz CT molecular complexity index is 1190. The van der Waals surface area contributed by atoms with Crippen LogP contribution in [-0.2, 0) is 12.6 Å². The summed E-state index contributed by atoms with van der Waals surface area (Å²) >= 11 is 0. The zero-order valence-electron chi connectivity index (χ0n) is 16.4. The van der Waals surface area contributed by atoms with Gasteiger partial charge in [-0.2, -0.15) is 10.4 Å². The quantitative estimate of drug-likeness (QED) is 0.710. The summed E-state index contributed by atoms with van der Waals surface area (Å²) in [6.07, 6.45) is 1.55. The third-order valence-electron chi connectivity index (χ3n) is 5.42. The molecule has 1 aliphatic heterocycles. The van der Waals surface area contributed by atoms with Crippen molar-refractivity contribution in [2.45, 2.75) is 12.5 Å². The fourth-order valence-electron chi connectivity index (χ4n) is 3.84. The molecular formula is C22H20N6O. The van der Waals surface area contributed by atoms with Crippen LogP contribution in [0.5, 0.6) is 0 Å². The summed E-state index contributed by atoms with van der Waals surface area (Å²) < 4.78 is 1.68. The highest BCUT2D eigenvalue weighted by atomic mass is 16.2. The average Bonchev–Trinajstić information content (AvgIpc) is 3.11. The zero-order chi connectivity index (χ0) is 20.8. The lowest BCUT2D eigenvalue weighted by Crippen LogP contribution is -2.49. The number of benzene rings is 2. The summed E-state index contributed by atoms with van der Waals surface area (Å²) in [7, 11) is 3.37. The maximum Gasteiger partial charge on any atom is 0.263 e. The minimum atomic E-state index is -0.846. The van der Waals surface area contributed by atoms with Crippen molar-refractivity contribution in [2.24, 2.45) is 7.05 Å². The van der Waals surface area contributed by atoms with Crippen molar-refractivity contribution >= 4 is 11.9 Å². The lowest BCUT2D eigenvalue weighted by atomic mass is 9.85. The topological polar surface area (TPSA) is 97.8 Å². The molecule has 7 nitrogen and oxygen atoms in total. The number of nitriles is 1.